The van der Waals surface area contributed by atoms with Gasteiger partial charge < -0.3 is 15.1 Å². The smallest absolute Gasteiger partial charge is 0.264 e. The highest BCUT2D eigenvalue weighted by Gasteiger charge is 2.29. The van der Waals surface area contributed by atoms with Crippen molar-refractivity contribution >= 4 is 22.7 Å². The average Bonchev–Trinajstić information content (AvgIpc) is 3.28. The van der Waals surface area contributed by atoms with E-state index in [4.69, 9.17) is 4.84 Å². The summed E-state index contributed by atoms with van der Waals surface area (Å²) in [5, 5.41) is 6.91. The van der Waals surface area contributed by atoms with Gasteiger partial charge in [0.1, 0.15) is 11.6 Å². The summed E-state index contributed by atoms with van der Waals surface area (Å²) in [4.78, 5) is 25.6. The average molecular weight is 380 g/mol. The summed E-state index contributed by atoms with van der Waals surface area (Å²) >= 11 is 0. The van der Waals surface area contributed by atoms with Crippen molar-refractivity contribution in [2.24, 2.45) is 5.16 Å². The molecule has 2 heterocycles. The standard InChI is InChI=1S/C21H21FN4O2/c1-12-6-7-17-18(8-12)25-20(24-17)13(2)23-21(27)19-11-16(26-28-19)10-14-4-3-5-15(22)9-14/h3-9,13,19H,10-11H2,1-2H3,(H,23,27)(H,24,25). The second kappa shape index (κ2) is 7.42. The molecule has 2 unspecified atom stereocenters. The number of carbonyl (C=O) groups excluding carboxylic acids is 1. The zero-order valence-electron chi connectivity index (χ0n) is 15.7. The highest BCUT2D eigenvalue weighted by molar-refractivity contribution is 5.94. The molecule has 0 fully saturated rings. The maximum absolute atomic E-state index is 13.3. The van der Waals surface area contributed by atoms with Crippen molar-refractivity contribution in [3.8, 4) is 0 Å². The van der Waals surface area contributed by atoms with Crippen LogP contribution in [0.5, 0.6) is 0 Å². The summed E-state index contributed by atoms with van der Waals surface area (Å²) in [7, 11) is 0. The van der Waals surface area contributed by atoms with E-state index >= 15 is 0 Å². The molecule has 2 N–H and O–H groups in total. The van der Waals surface area contributed by atoms with Gasteiger partial charge in [-0.15, -0.1) is 0 Å². The maximum Gasteiger partial charge on any atom is 0.264 e. The summed E-state index contributed by atoms with van der Waals surface area (Å²) in [5.41, 5.74) is 4.46. The summed E-state index contributed by atoms with van der Waals surface area (Å²) in [6, 6.07) is 12.0. The Bertz CT molecular complexity index is 1060. The molecule has 1 aliphatic rings. The van der Waals surface area contributed by atoms with E-state index in [1.165, 1.54) is 12.1 Å². The molecular formula is C21H21FN4O2. The van der Waals surface area contributed by atoms with Crippen LogP contribution >= 0.6 is 0 Å². The number of aromatic amines is 1. The Morgan fingerprint density at radius 3 is 3.04 bits per heavy atom. The number of halogens is 1. The number of aryl methyl sites for hydroxylation is 1. The van der Waals surface area contributed by atoms with Crippen LogP contribution in [0.15, 0.2) is 47.6 Å². The van der Waals surface area contributed by atoms with Crippen LogP contribution in [-0.2, 0) is 16.1 Å². The van der Waals surface area contributed by atoms with Gasteiger partial charge in [-0.25, -0.2) is 9.37 Å². The van der Waals surface area contributed by atoms with E-state index in [2.05, 4.69) is 20.4 Å². The SMILES string of the molecule is Cc1ccc2nc(C(C)NC(=O)C3CC(Cc4cccc(F)c4)=NO3)[nH]c2c1. The fourth-order valence-electron chi connectivity index (χ4n) is 3.28. The van der Waals surface area contributed by atoms with Crippen LogP contribution in [0.4, 0.5) is 4.39 Å². The summed E-state index contributed by atoms with van der Waals surface area (Å²) in [6.45, 7) is 3.88. The molecule has 3 aromatic rings. The van der Waals surface area contributed by atoms with Crippen molar-refractivity contribution in [1.82, 2.24) is 15.3 Å². The first-order chi connectivity index (χ1) is 13.5. The van der Waals surface area contributed by atoms with Crippen LogP contribution < -0.4 is 5.32 Å². The third-order valence-corrected chi connectivity index (χ3v) is 4.74. The second-order valence-electron chi connectivity index (χ2n) is 7.14. The molecule has 1 aliphatic heterocycles. The zero-order valence-corrected chi connectivity index (χ0v) is 15.7. The molecule has 0 bridgehead atoms. The molecule has 2 aromatic carbocycles. The summed E-state index contributed by atoms with van der Waals surface area (Å²) in [5.74, 6) is 0.149. The van der Waals surface area contributed by atoms with E-state index in [9.17, 15) is 9.18 Å². The van der Waals surface area contributed by atoms with Gasteiger partial charge in [0.05, 0.1) is 22.8 Å². The highest BCUT2D eigenvalue weighted by Crippen LogP contribution is 2.19. The molecule has 6 nitrogen and oxygen atoms in total. The molecule has 0 aliphatic carbocycles. The van der Waals surface area contributed by atoms with E-state index in [1.807, 2.05) is 38.1 Å². The van der Waals surface area contributed by atoms with Crippen molar-refractivity contribution in [3.63, 3.8) is 0 Å². The Labute approximate surface area is 161 Å². The van der Waals surface area contributed by atoms with Crippen molar-refractivity contribution in [3.05, 3.63) is 65.2 Å². The van der Waals surface area contributed by atoms with Gasteiger partial charge in [0.25, 0.3) is 5.91 Å². The molecule has 2 atom stereocenters. The number of imidazole rings is 1. The lowest BCUT2D eigenvalue weighted by Gasteiger charge is -2.14. The lowest BCUT2D eigenvalue weighted by Crippen LogP contribution is -2.36. The van der Waals surface area contributed by atoms with Crippen molar-refractivity contribution < 1.29 is 14.0 Å². The minimum Gasteiger partial charge on any atom is -0.382 e. The Kier molecular flexibility index (Phi) is 4.81. The maximum atomic E-state index is 13.3. The number of H-pyrrole nitrogens is 1. The van der Waals surface area contributed by atoms with Crippen molar-refractivity contribution in [2.45, 2.75) is 38.8 Å². The van der Waals surface area contributed by atoms with Crippen molar-refractivity contribution in [1.29, 1.82) is 0 Å². The normalized spacial score (nSPS) is 17.2. The first-order valence-corrected chi connectivity index (χ1v) is 9.20. The Morgan fingerprint density at radius 1 is 1.36 bits per heavy atom. The summed E-state index contributed by atoms with van der Waals surface area (Å²) < 4.78 is 13.3. The third kappa shape index (κ3) is 3.88. The number of rotatable bonds is 5. The predicted octanol–water partition coefficient (Wildman–Crippen LogP) is 3.58. The molecule has 144 valence electrons. The van der Waals surface area contributed by atoms with Crippen LogP contribution in [0, 0.1) is 12.7 Å². The largest absolute Gasteiger partial charge is 0.382 e. The molecular weight excluding hydrogens is 359 g/mol. The van der Waals surface area contributed by atoms with E-state index in [0.717, 1.165) is 27.9 Å². The molecule has 0 radical (unpaired) electrons. The Morgan fingerprint density at radius 2 is 2.21 bits per heavy atom. The van der Waals surface area contributed by atoms with Crippen molar-refractivity contribution in [2.75, 3.05) is 0 Å². The Hall–Kier alpha value is -3.22. The van der Waals surface area contributed by atoms with E-state index in [1.54, 1.807) is 6.07 Å². The number of fused-ring (bicyclic) bond motifs is 1. The topological polar surface area (TPSA) is 79.4 Å². The first kappa shape index (κ1) is 18.2. The molecule has 1 amide bonds. The lowest BCUT2D eigenvalue weighted by molar-refractivity contribution is -0.131. The molecule has 4 rings (SSSR count). The minimum atomic E-state index is -0.683. The van der Waals surface area contributed by atoms with Gasteiger partial charge in [-0.05, 0) is 49.2 Å². The zero-order chi connectivity index (χ0) is 19.7. The van der Waals surface area contributed by atoms with Gasteiger partial charge in [-0.2, -0.15) is 0 Å². The van der Waals surface area contributed by atoms with E-state index < -0.39 is 6.10 Å². The fraction of sp³-hybridized carbons (Fsp3) is 0.286. The molecule has 0 saturated carbocycles. The molecule has 0 saturated heterocycles. The van der Waals surface area contributed by atoms with Gasteiger partial charge in [0.15, 0.2) is 0 Å². The first-order valence-electron chi connectivity index (χ1n) is 9.20. The number of aromatic nitrogens is 2. The van der Waals surface area contributed by atoms with Gasteiger partial charge in [-0.3, -0.25) is 4.79 Å². The number of nitrogens with zero attached hydrogens (tertiary/aromatic N) is 2. The van der Waals surface area contributed by atoms with Crippen LogP contribution in [0.1, 0.15) is 36.3 Å². The number of hydrogen-bond acceptors (Lipinski definition) is 4. The number of benzene rings is 2. The second-order valence-corrected chi connectivity index (χ2v) is 7.14. The summed E-state index contributed by atoms with van der Waals surface area (Å²) in [6.07, 6.45) is 0.159. The van der Waals surface area contributed by atoms with E-state index in [0.29, 0.717) is 18.7 Å². The number of amides is 1. The van der Waals surface area contributed by atoms with Gasteiger partial charge in [0, 0.05) is 12.8 Å². The number of nitrogens with one attached hydrogen (secondary N) is 2. The Balaban J connectivity index is 1.36. The van der Waals surface area contributed by atoms with Crippen LogP contribution in [0.25, 0.3) is 11.0 Å². The molecule has 0 spiro atoms. The number of carbonyl (C=O) groups is 1. The molecule has 1 aromatic heterocycles. The van der Waals surface area contributed by atoms with Crippen LogP contribution in [0.2, 0.25) is 0 Å². The fourth-order valence-corrected chi connectivity index (χ4v) is 3.28. The van der Waals surface area contributed by atoms with Crippen LogP contribution in [-0.4, -0.2) is 27.7 Å². The quantitative estimate of drug-likeness (QED) is 0.710. The molecule has 28 heavy (non-hydrogen) atoms. The lowest BCUT2D eigenvalue weighted by atomic mass is 10.0. The van der Waals surface area contributed by atoms with Gasteiger partial charge >= 0.3 is 0 Å². The van der Waals surface area contributed by atoms with Gasteiger partial charge in [0.2, 0.25) is 6.10 Å². The third-order valence-electron chi connectivity index (χ3n) is 4.74. The number of hydrogen-bond donors (Lipinski definition) is 2. The van der Waals surface area contributed by atoms with E-state index in [-0.39, 0.29) is 17.8 Å². The monoisotopic (exact) mass is 380 g/mol. The molecule has 7 heteroatoms. The highest BCUT2D eigenvalue weighted by atomic mass is 19.1. The van der Waals surface area contributed by atoms with Crippen LogP contribution in [0.3, 0.4) is 0 Å². The van der Waals surface area contributed by atoms with Gasteiger partial charge in [-0.1, -0.05) is 23.4 Å². The predicted molar refractivity (Wildman–Crippen MR) is 104 cm³/mol. The number of oxime groups is 1. The minimum absolute atomic E-state index is 0.248.